The van der Waals surface area contributed by atoms with E-state index >= 15 is 0 Å². The molecule has 8 heteroatoms. The van der Waals surface area contributed by atoms with Crippen molar-refractivity contribution in [2.24, 2.45) is 0 Å². The highest BCUT2D eigenvalue weighted by atomic mass is 16.4. The molecule has 0 saturated carbocycles. The number of amides is 1. The van der Waals surface area contributed by atoms with E-state index in [-0.39, 0.29) is 43.2 Å². The quantitative estimate of drug-likeness (QED) is 0.808. The summed E-state index contributed by atoms with van der Waals surface area (Å²) < 4.78 is 1.78. The lowest BCUT2D eigenvalue weighted by Crippen LogP contribution is -2.31. The van der Waals surface area contributed by atoms with Gasteiger partial charge in [-0.2, -0.15) is 4.98 Å². The molecule has 25 heavy (non-hydrogen) atoms. The third kappa shape index (κ3) is 4.14. The number of hydrogen-bond donors (Lipinski definition) is 2. The minimum Gasteiger partial charge on any atom is -0.550 e. The predicted octanol–water partition coefficient (Wildman–Crippen LogP) is 0.930. The smallest absolute Gasteiger partial charge is 0.250 e. The zero-order valence-corrected chi connectivity index (χ0v) is 13.9. The van der Waals surface area contributed by atoms with Gasteiger partial charge in [-0.1, -0.05) is 30.3 Å². The molecule has 0 unspecified atom stereocenters. The van der Waals surface area contributed by atoms with Crippen LogP contribution in [0, 0.1) is 0 Å². The summed E-state index contributed by atoms with van der Waals surface area (Å²) in [6.45, 7) is 2.08. The first-order chi connectivity index (χ1) is 12.0. The second-order valence-electron chi connectivity index (χ2n) is 6.18. The SMILES string of the molecule is C[C@H]1C[C@@H](c2ccccc2)n2nc(NC(=O)CCCC(=O)[O-])nc2N1. The molecule has 0 aliphatic carbocycles. The summed E-state index contributed by atoms with van der Waals surface area (Å²) in [6, 6.07) is 10.3. The van der Waals surface area contributed by atoms with Crippen molar-refractivity contribution >= 4 is 23.8 Å². The van der Waals surface area contributed by atoms with Crippen LogP contribution < -0.4 is 15.7 Å². The second-order valence-corrected chi connectivity index (χ2v) is 6.18. The van der Waals surface area contributed by atoms with Crippen LogP contribution in [0.2, 0.25) is 0 Å². The first-order valence-corrected chi connectivity index (χ1v) is 8.30. The maximum absolute atomic E-state index is 11.9. The molecule has 1 aliphatic rings. The van der Waals surface area contributed by atoms with E-state index in [4.69, 9.17) is 0 Å². The Balaban J connectivity index is 1.73. The largest absolute Gasteiger partial charge is 0.550 e. The Morgan fingerprint density at radius 1 is 1.32 bits per heavy atom. The van der Waals surface area contributed by atoms with Gasteiger partial charge in [0, 0.05) is 18.4 Å². The molecule has 3 rings (SSSR count). The fraction of sp³-hybridized carbons (Fsp3) is 0.412. The van der Waals surface area contributed by atoms with Gasteiger partial charge in [-0.15, -0.1) is 5.10 Å². The molecule has 0 bridgehead atoms. The van der Waals surface area contributed by atoms with Crippen LogP contribution >= 0.6 is 0 Å². The van der Waals surface area contributed by atoms with Gasteiger partial charge >= 0.3 is 0 Å². The molecule has 2 atom stereocenters. The Hall–Kier alpha value is -2.90. The number of rotatable bonds is 6. The van der Waals surface area contributed by atoms with Crippen molar-refractivity contribution < 1.29 is 14.7 Å². The Labute approximate surface area is 145 Å². The molecule has 0 radical (unpaired) electrons. The van der Waals surface area contributed by atoms with E-state index in [2.05, 4.69) is 27.6 Å². The molecule has 0 spiro atoms. The van der Waals surface area contributed by atoms with E-state index < -0.39 is 5.97 Å². The Morgan fingerprint density at radius 3 is 2.80 bits per heavy atom. The van der Waals surface area contributed by atoms with Gasteiger partial charge in [-0.05, 0) is 31.7 Å². The lowest BCUT2D eigenvalue weighted by Gasteiger charge is -2.29. The molecule has 0 fully saturated rings. The van der Waals surface area contributed by atoms with Gasteiger partial charge in [-0.3, -0.25) is 10.1 Å². The van der Waals surface area contributed by atoms with Crippen LogP contribution in [0.25, 0.3) is 0 Å². The molecular weight excluding hydrogens is 322 g/mol. The molecule has 2 aromatic rings. The van der Waals surface area contributed by atoms with Gasteiger partial charge in [0.1, 0.15) is 0 Å². The average Bonchev–Trinajstić information content (AvgIpc) is 2.96. The number of carbonyl (C=O) groups is 2. The number of fused-ring (bicyclic) bond motifs is 1. The molecule has 1 amide bonds. The van der Waals surface area contributed by atoms with Crippen LogP contribution in [0.3, 0.4) is 0 Å². The first-order valence-electron chi connectivity index (χ1n) is 8.30. The summed E-state index contributed by atoms with van der Waals surface area (Å²) in [5.41, 5.74) is 1.13. The number of carbonyl (C=O) groups excluding carboxylic acids is 2. The Morgan fingerprint density at radius 2 is 2.08 bits per heavy atom. The van der Waals surface area contributed by atoms with Crippen LogP contribution in [0.15, 0.2) is 30.3 Å². The van der Waals surface area contributed by atoms with Crippen molar-refractivity contribution in [1.82, 2.24) is 14.8 Å². The van der Waals surface area contributed by atoms with E-state index in [1.54, 1.807) is 4.68 Å². The number of carboxylic acids is 1. The molecular formula is C17H20N5O3-. The zero-order chi connectivity index (χ0) is 17.8. The summed E-state index contributed by atoms with van der Waals surface area (Å²) in [6.07, 6.45) is 1.03. The third-order valence-corrected chi connectivity index (χ3v) is 4.10. The minimum absolute atomic E-state index is 0.0451. The summed E-state index contributed by atoms with van der Waals surface area (Å²) in [7, 11) is 0. The number of nitrogens with one attached hydrogen (secondary N) is 2. The number of hydrogen-bond acceptors (Lipinski definition) is 6. The van der Waals surface area contributed by atoms with Crippen molar-refractivity contribution in [3.63, 3.8) is 0 Å². The summed E-state index contributed by atoms with van der Waals surface area (Å²) in [5, 5.41) is 20.7. The molecule has 1 aliphatic heterocycles. The van der Waals surface area contributed by atoms with Gasteiger partial charge < -0.3 is 15.2 Å². The molecule has 2 N–H and O–H groups in total. The minimum atomic E-state index is -1.16. The second kappa shape index (κ2) is 7.33. The molecule has 0 saturated heterocycles. The van der Waals surface area contributed by atoms with Gasteiger partial charge in [0.05, 0.1) is 6.04 Å². The van der Waals surface area contributed by atoms with E-state index in [0.717, 1.165) is 12.0 Å². The standard InChI is InChI=1S/C17H21N5O3/c1-11-10-13(12-6-3-2-4-7-12)22-17(18-11)20-16(21-22)19-14(23)8-5-9-15(24)25/h2-4,6-7,11,13H,5,8-10H2,1H3,(H,24,25)(H2,18,19,20,21,23)/p-1/t11-,13-/m0/s1. The Bertz CT molecular complexity index is 759. The van der Waals surface area contributed by atoms with Crippen molar-refractivity contribution in [3.8, 4) is 0 Å². The van der Waals surface area contributed by atoms with Crippen LogP contribution in [0.5, 0.6) is 0 Å². The molecule has 2 heterocycles. The van der Waals surface area contributed by atoms with Crippen molar-refractivity contribution in [2.75, 3.05) is 10.6 Å². The lowest BCUT2D eigenvalue weighted by molar-refractivity contribution is -0.305. The van der Waals surface area contributed by atoms with E-state index in [9.17, 15) is 14.7 Å². The predicted molar refractivity (Wildman–Crippen MR) is 89.8 cm³/mol. The summed E-state index contributed by atoms with van der Waals surface area (Å²) in [5.74, 6) is -0.644. The number of carboxylic acid groups (broad SMARTS) is 1. The van der Waals surface area contributed by atoms with E-state index in [1.165, 1.54) is 0 Å². The van der Waals surface area contributed by atoms with E-state index in [1.807, 2.05) is 30.3 Å². The lowest BCUT2D eigenvalue weighted by atomic mass is 9.99. The number of anilines is 2. The van der Waals surface area contributed by atoms with Crippen LogP contribution in [0.1, 0.15) is 44.2 Å². The van der Waals surface area contributed by atoms with Gasteiger partial charge in [0.25, 0.3) is 5.95 Å². The topological polar surface area (TPSA) is 112 Å². The highest BCUT2D eigenvalue weighted by Gasteiger charge is 2.28. The molecule has 1 aromatic heterocycles. The van der Waals surface area contributed by atoms with Gasteiger partial charge in [-0.25, -0.2) is 4.68 Å². The third-order valence-electron chi connectivity index (χ3n) is 4.10. The van der Waals surface area contributed by atoms with E-state index in [0.29, 0.717) is 5.95 Å². The maximum Gasteiger partial charge on any atom is 0.250 e. The average molecular weight is 342 g/mol. The highest BCUT2D eigenvalue weighted by Crippen LogP contribution is 2.31. The first kappa shape index (κ1) is 16.9. The van der Waals surface area contributed by atoms with Crippen LogP contribution in [0.4, 0.5) is 11.9 Å². The summed E-state index contributed by atoms with van der Waals surface area (Å²) >= 11 is 0. The number of aliphatic carboxylic acids is 1. The zero-order valence-electron chi connectivity index (χ0n) is 13.9. The number of nitrogens with zero attached hydrogens (tertiary/aromatic N) is 3. The van der Waals surface area contributed by atoms with Gasteiger partial charge in [0.2, 0.25) is 11.9 Å². The van der Waals surface area contributed by atoms with Crippen molar-refractivity contribution in [3.05, 3.63) is 35.9 Å². The molecule has 132 valence electrons. The monoisotopic (exact) mass is 342 g/mol. The van der Waals surface area contributed by atoms with Gasteiger partial charge in [0.15, 0.2) is 0 Å². The van der Waals surface area contributed by atoms with Crippen LogP contribution in [-0.4, -0.2) is 32.7 Å². The number of benzene rings is 1. The fourth-order valence-corrected chi connectivity index (χ4v) is 2.94. The van der Waals surface area contributed by atoms with Crippen LogP contribution in [-0.2, 0) is 9.59 Å². The highest BCUT2D eigenvalue weighted by molar-refractivity contribution is 5.89. The molecule has 1 aromatic carbocycles. The number of aromatic nitrogens is 3. The Kier molecular flexibility index (Phi) is 4.97. The normalized spacial score (nSPS) is 18.9. The molecule has 8 nitrogen and oxygen atoms in total. The van der Waals surface area contributed by atoms with Crippen molar-refractivity contribution in [2.45, 2.75) is 44.7 Å². The van der Waals surface area contributed by atoms with Crippen molar-refractivity contribution in [1.29, 1.82) is 0 Å². The summed E-state index contributed by atoms with van der Waals surface area (Å²) in [4.78, 5) is 26.6. The fourth-order valence-electron chi connectivity index (χ4n) is 2.94. The maximum atomic E-state index is 11.9.